The van der Waals surface area contributed by atoms with Crippen molar-refractivity contribution in [3.8, 4) is 5.75 Å². The average molecular weight is 304 g/mol. The molecule has 0 aliphatic heterocycles. The third kappa shape index (κ3) is 3.08. The Morgan fingerprint density at radius 3 is 2.86 bits per heavy atom. The summed E-state index contributed by atoms with van der Waals surface area (Å²) in [7, 11) is 0. The van der Waals surface area contributed by atoms with E-state index >= 15 is 0 Å². The van der Waals surface area contributed by atoms with E-state index < -0.39 is 25.8 Å². The number of aromatic nitrogens is 1. The van der Waals surface area contributed by atoms with E-state index in [0.29, 0.717) is 5.75 Å². The summed E-state index contributed by atoms with van der Waals surface area (Å²) < 4.78 is 50.0. The highest BCUT2D eigenvalue weighted by Gasteiger charge is 2.11. The van der Waals surface area contributed by atoms with Crippen LogP contribution in [0, 0.1) is 0 Å². The summed E-state index contributed by atoms with van der Waals surface area (Å²) in [6, 6.07) is 11.6. The van der Waals surface area contributed by atoms with Crippen LogP contribution in [-0.2, 0) is 0 Å². The van der Waals surface area contributed by atoms with Crippen LogP contribution in [0.3, 0.4) is 0 Å². The van der Waals surface area contributed by atoms with Gasteiger partial charge >= 0.3 is 0 Å². The number of aromatic amines is 1. The van der Waals surface area contributed by atoms with E-state index in [1.165, 1.54) is 0 Å². The monoisotopic (exact) mass is 304 g/mol. The van der Waals surface area contributed by atoms with E-state index in [4.69, 9.17) is 13.0 Å². The zero-order valence-corrected chi connectivity index (χ0v) is 12.0. The fraction of sp³-hybridized carbons (Fsp3) is 0.333. The molecule has 0 saturated heterocycles. The van der Waals surface area contributed by atoms with Gasteiger partial charge in [0, 0.05) is 37.1 Å². The number of fused-ring (bicyclic) bond motifs is 3. The van der Waals surface area contributed by atoms with Crippen molar-refractivity contribution < 1.29 is 18.1 Å². The predicted molar refractivity (Wildman–Crippen MR) is 90.4 cm³/mol. The second-order valence-corrected chi connectivity index (χ2v) is 5.16. The summed E-state index contributed by atoms with van der Waals surface area (Å²) in [5, 5.41) is 14.5. The highest BCUT2D eigenvalue weighted by atomic mass is 16.5. The number of rotatable bonds is 6. The minimum absolute atomic E-state index is 0.111. The molecule has 22 heavy (non-hydrogen) atoms. The maximum atomic E-state index is 10.2. The van der Waals surface area contributed by atoms with E-state index in [0.717, 1.165) is 21.8 Å². The lowest BCUT2D eigenvalue weighted by atomic mass is 10.1. The highest BCUT2D eigenvalue weighted by Crippen LogP contribution is 2.32. The Bertz CT molecular complexity index is 937. The number of ether oxygens (including phenoxy) is 1. The van der Waals surface area contributed by atoms with Crippen LogP contribution in [0.15, 0.2) is 42.5 Å². The topological polar surface area (TPSA) is 57.3 Å². The maximum Gasteiger partial charge on any atom is 0.129 e. The van der Waals surface area contributed by atoms with Crippen LogP contribution in [-0.4, -0.2) is 35.4 Å². The molecular formula is C18H22N2O2. The number of hydrogen-bond donors (Lipinski definition) is 3. The Hall–Kier alpha value is -2.04. The third-order valence-electron chi connectivity index (χ3n) is 3.48. The lowest BCUT2D eigenvalue weighted by Crippen LogP contribution is -2.35. The van der Waals surface area contributed by atoms with Crippen LogP contribution in [0.25, 0.3) is 21.8 Å². The largest absolute Gasteiger partial charge is 0.490 e. The fourth-order valence-corrected chi connectivity index (χ4v) is 2.49. The number of aliphatic hydroxyl groups is 1. The first-order valence-electron chi connectivity index (χ1n) is 10.1. The molecule has 2 aromatic carbocycles. The van der Waals surface area contributed by atoms with Crippen LogP contribution in [0.5, 0.6) is 5.75 Å². The van der Waals surface area contributed by atoms with E-state index in [1.807, 2.05) is 36.4 Å². The molecule has 3 N–H and O–H groups in total. The third-order valence-corrected chi connectivity index (χ3v) is 3.48. The minimum Gasteiger partial charge on any atom is -0.490 e. The lowest BCUT2D eigenvalue weighted by Gasteiger charge is -2.15. The van der Waals surface area contributed by atoms with E-state index in [-0.39, 0.29) is 13.2 Å². The maximum absolute atomic E-state index is 10.2. The van der Waals surface area contributed by atoms with Crippen LogP contribution in [0.1, 0.15) is 21.9 Å². The summed E-state index contributed by atoms with van der Waals surface area (Å²) in [4.78, 5) is 3.30. The molecular weight excluding hydrogens is 276 g/mol. The quantitative estimate of drug-likeness (QED) is 0.656. The van der Waals surface area contributed by atoms with E-state index in [1.54, 1.807) is 6.07 Å². The van der Waals surface area contributed by atoms with Crippen molar-refractivity contribution >= 4 is 21.8 Å². The van der Waals surface area contributed by atoms with Crippen LogP contribution < -0.4 is 10.1 Å². The summed E-state index contributed by atoms with van der Waals surface area (Å²) in [5.74, 6) is 0.581. The van der Waals surface area contributed by atoms with Crippen LogP contribution in [0.2, 0.25) is 0 Å². The van der Waals surface area contributed by atoms with Gasteiger partial charge in [0.2, 0.25) is 0 Å². The molecule has 0 bridgehead atoms. The first-order valence-corrected chi connectivity index (χ1v) is 7.11. The van der Waals surface area contributed by atoms with E-state index in [9.17, 15) is 5.11 Å². The molecule has 3 rings (SSSR count). The van der Waals surface area contributed by atoms with Gasteiger partial charge in [0.1, 0.15) is 18.5 Å². The molecule has 0 amide bonds. The zero-order chi connectivity index (χ0) is 20.5. The van der Waals surface area contributed by atoms with Gasteiger partial charge in [-0.05, 0) is 18.2 Å². The number of benzene rings is 2. The van der Waals surface area contributed by atoms with Crippen LogP contribution >= 0.6 is 0 Å². The molecule has 116 valence electrons. The summed E-state index contributed by atoms with van der Waals surface area (Å²) in [6.45, 7) is -5.74. The number of nitrogens with one attached hydrogen (secondary N) is 2. The average Bonchev–Trinajstić information content (AvgIpc) is 2.96. The molecule has 0 fully saturated rings. The van der Waals surface area contributed by atoms with Gasteiger partial charge in [-0.3, -0.25) is 0 Å². The van der Waals surface area contributed by atoms with Gasteiger partial charge in [0.05, 0.1) is 5.52 Å². The van der Waals surface area contributed by atoms with Gasteiger partial charge in [-0.1, -0.05) is 38.0 Å². The summed E-state index contributed by atoms with van der Waals surface area (Å²) in [6.07, 6.45) is -1.08. The Balaban J connectivity index is 1.69. The molecule has 4 nitrogen and oxygen atoms in total. The standard InChI is InChI=1S/C18H22N2O2/c1-12(2)19-10-13(21)11-22-17-9-5-8-16-18(17)14-6-3-4-7-15(14)20-16/h3-9,12-13,19-21H,10-11H2,1-2H3/i1D3,2D3. The molecule has 0 saturated carbocycles. The Morgan fingerprint density at radius 1 is 1.18 bits per heavy atom. The normalized spacial score (nSPS) is 18.3. The number of para-hydroxylation sites is 1. The van der Waals surface area contributed by atoms with Gasteiger partial charge in [-0.15, -0.1) is 0 Å². The summed E-state index contributed by atoms with van der Waals surface area (Å²) >= 11 is 0. The predicted octanol–water partition coefficient (Wildman–Crippen LogP) is 3.06. The molecule has 4 heteroatoms. The van der Waals surface area contributed by atoms with E-state index in [2.05, 4.69) is 10.3 Å². The van der Waals surface area contributed by atoms with Crippen molar-refractivity contribution in [3.63, 3.8) is 0 Å². The first-order chi connectivity index (χ1) is 13.1. The Morgan fingerprint density at radius 2 is 2.00 bits per heavy atom. The highest BCUT2D eigenvalue weighted by molar-refractivity contribution is 6.10. The Kier molecular flexibility index (Phi) is 2.66. The molecule has 1 aromatic heterocycles. The minimum atomic E-state index is -2.71. The van der Waals surface area contributed by atoms with Crippen molar-refractivity contribution in [1.82, 2.24) is 10.3 Å². The molecule has 0 aliphatic carbocycles. The number of hydrogen-bond acceptors (Lipinski definition) is 3. The number of aliphatic hydroxyl groups excluding tert-OH is 1. The van der Waals surface area contributed by atoms with Gasteiger partial charge in [0.25, 0.3) is 0 Å². The fourth-order valence-electron chi connectivity index (χ4n) is 2.49. The first kappa shape index (κ1) is 9.18. The van der Waals surface area contributed by atoms with Crippen molar-refractivity contribution in [2.75, 3.05) is 13.2 Å². The lowest BCUT2D eigenvalue weighted by molar-refractivity contribution is 0.105. The molecule has 1 atom stereocenters. The van der Waals surface area contributed by atoms with Crippen molar-refractivity contribution in [2.24, 2.45) is 0 Å². The van der Waals surface area contributed by atoms with Crippen LogP contribution in [0.4, 0.5) is 0 Å². The Labute approximate surface area is 138 Å². The second kappa shape index (κ2) is 6.38. The molecule has 0 aliphatic rings. The molecule has 0 spiro atoms. The molecule has 0 radical (unpaired) electrons. The van der Waals surface area contributed by atoms with Crippen molar-refractivity contribution in [1.29, 1.82) is 0 Å². The van der Waals surface area contributed by atoms with Gasteiger partial charge in [-0.25, -0.2) is 0 Å². The molecule has 1 heterocycles. The summed E-state index contributed by atoms with van der Waals surface area (Å²) in [5.41, 5.74) is 1.87. The zero-order valence-electron chi connectivity index (χ0n) is 18.0. The van der Waals surface area contributed by atoms with Gasteiger partial charge < -0.3 is 20.1 Å². The van der Waals surface area contributed by atoms with Crippen molar-refractivity contribution in [2.45, 2.75) is 25.8 Å². The molecule has 3 aromatic rings. The number of H-pyrrole nitrogens is 1. The van der Waals surface area contributed by atoms with Gasteiger partial charge in [0.15, 0.2) is 0 Å². The molecule has 1 unspecified atom stereocenters. The van der Waals surface area contributed by atoms with Crippen molar-refractivity contribution in [3.05, 3.63) is 42.5 Å². The SMILES string of the molecule is [2H]C([2H])([2H])C(NCC(O)COc1cccc2[nH]c3ccccc3c12)C([2H])([2H])[2H]. The van der Waals surface area contributed by atoms with Gasteiger partial charge in [-0.2, -0.15) is 0 Å². The smallest absolute Gasteiger partial charge is 0.129 e. The second-order valence-electron chi connectivity index (χ2n) is 5.16.